The molecule has 0 bridgehead atoms. The summed E-state index contributed by atoms with van der Waals surface area (Å²) in [6.45, 7) is 3.89. The Morgan fingerprint density at radius 1 is 1.38 bits per heavy atom. The van der Waals surface area contributed by atoms with Crippen LogP contribution in [0.3, 0.4) is 0 Å². The third-order valence-electron chi connectivity index (χ3n) is 2.56. The molecule has 0 saturated heterocycles. The zero-order valence-electron chi connectivity index (χ0n) is 10.0. The van der Waals surface area contributed by atoms with Crippen molar-refractivity contribution in [3.05, 3.63) is 23.3 Å². The lowest BCUT2D eigenvalue weighted by atomic mass is 10.1. The van der Waals surface area contributed by atoms with Crippen LogP contribution in [-0.2, 0) is 4.79 Å². The molecule has 0 saturated carbocycles. The molecule has 0 N–H and O–H groups in total. The predicted molar refractivity (Wildman–Crippen MR) is 66.6 cm³/mol. The van der Waals surface area contributed by atoms with E-state index >= 15 is 0 Å². The lowest BCUT2D eigenvalue weighted by molar-refractivity contribution is -0.116. The van der Waals surface area contributed by atoms with Crippen molar-refractivity contribution in [3.8, 4) is 5.75 Å². The first-order valence-electron chi connectivity index (χ1n) is 4.99. The van der Waals surface area contributed by atoms with Gasteiger partial charge in [0.25, 0.3) is 0 Å². The molecule has 16 heavy (non-hydrogen) atoms. The number of halogens is 1. The van der Waals surface area contributed by atoms with Gasteiger partial charge in [-0.25, -0.2) is 0 Å². The van der Waals surface area contributed by atoms with Gasteiger partial charge in [-0.15, -0.1) is 11.6 Å². The first-order chi connectivity index (χ1) is 7.51. The van der Waals surface area contributed by atoms with Crippen LogP contribution in [0.5, 0.6) is 5.75 Å². The van der Waals surface area contributed by atoms with Gasteiger partial charge in [0.05, 0.1) is 7.11 Å². The number of methoxy groups -OCH3 is 1. The Kier molecular flexibility index (Phi) is 4.19. The molecule has 1 aromatic rings. The Hall–Kier alpha value is -1.22. The molecule has 1 amide bonds. The fourth-order valence-corrected chi connectivity index (χ4v) is 1.76. The van der Waals surface area contributed by atoms with Gasteiger partial charge in [-0.1, -0.05) is 0 Å². The summed E-state index contributed by atoms with van der Waals surface area (Å²) in [5.41, 5.74) is 2.85. The zero-order chi connectivity index (χ0) is 12.3. The van der Waals surface area contributed by atoms with Crippen LogP contribution in [0.15, 0.2) is 12.1 Å². The quantitative estimate of drug-likeness (QED) is 0.761. The molecule has 0 aromatic heterocycles. The second-order valence-corrected chi connectivity index (χ2v) is 3.96. The van der Waals surface area contributed by atoms with Crippen LogP contribution in [0.4, 0.5) is 5.69 Å². The van der Waals surface area contributed by atoms with Gasteiger partial charge in [-0.05, 0) is 37.1 Å². The second kappa shape index (κ2) is 5.21. The Balaban J connectivity index is 3.15. The number of carbonyl (C=O) groups excluding carboxylic acids is 1. The topological polar surface area (TPSA) is 29.5 Å². The number of anilines is 1. The normalized spacial score (nSPS) is 10.1. The Morgan fingerprint density at radius 2 is 2.00 bits per heavy atom. The highest BCUT2D eigenvalue weighted by Crippen LogP contribution is 2.28. The van der Waals surface area contributed by atoms with Crippen molar-refractivity contribution in [2.24, 2.45) is 0 Å². The van der Waals surface area contributed by atoms with Crippen molar-refractivity contribution in [2.45, 2.75) is 13.8 Å². The zero-order valence-corrected chi connectivity index (χ0v) is 10.8. The van der Waals surface area contributed by atoms with E-state index in [4.69, 9.17) is 16.3 Å². The Bertz CT molecular complexity index is 404. The standard InChI is InChI=1S/C12H16ClNO2/c1-8-6-11(16-4)9(2)5-10(8)14(3)12(15)7-13/h5-6H,7H2,1-4H3. The largest absolute Gasteiger partial charge is 0.496 e. The number of rotatable bonds is 3. The summed E-state index contributed by atoms with van der Waals surface area (Å²) in [6, 6.07) is 3.85. The fourth-order valence-electron chi connectivity index (χ4n) is 1.58. The number of ether oxygens (including phenoxy) is 1. The number of alkyl halides is 1. The monoisotopic (exact) mass is 241 g/mol. The van der Waals surface area contributed by atoms with Crippen LogP contribution in [0.25, 0.3) is 0 Å². The van der Waals surface area contributed by atoms with E-state index in [0.29, 0.717) is 0 Å². The van der Waals surface area contributed by atoms with E-state index in [1.807, 2.05) is 26.0 Å². The molecule has 0 aliphatic rings. The Labute approximate surface area is 101 Å². The minimum Gasteiger partial charge on any atom is -0.496 e. The predicted octanol–water partition coefficient (Wildman–Crippen LogP) is 2.51. The van der Waals surface area contributed by atoms with E-state index in [9.17, 15) is 4.79 Å². The van der Waals surface area contributed by atoms with Gasteiger partial charge in [0.2, 0.25) is 5.91 Å². The molecule has 1 aromatic carbocycles. The lowest BCUT2D eigenvalue weighted by Gasteiger charge is -2.20. The van der Waals surface area contributed by atoms with E-state index < -0.39 is 0 Å². The number of hydrogen-bond donors (Lipinski definition) is 0. The van der Waals surface area contributed by atoms with Gasteiger partial charge in [0, 0.05) is 12.7 Å². The first kappa shape index (κ1) is 12.8. The van der Waals surface area contributed by atoms with Crippen molar-refractivity contribution in [1.82, 2.24) is 0 Å². The minimum absolute atomic E-state index is 0.0129. The van der Waals surface area contributed by atoms with E-state index in [1.54, 1.807) is 19.1 Å². The minimum atomic E-state index is -0.116. The van der Waals surface area contributed by atoms with Crippen molar-refractivity contribution in [3.63, 3.8) is 0 Å². The van der Waals surface area contributed by atoms with Crippen molar-refractivity contribution in [1.29, 1.82) is 0 Å². The molecular formula is C12H16ClNO2. The van der Waals surface area contributed by atoms with E-state index in [2.05, 4.69) is 0 Å². The number of amides is 1. The molecule has 0 fully saturated rings. The summed E-state index contributed by atoms with van der Waals surface area (Å²) in [4.78, 5) is 13.1. The molecule has 88 valence electrons. The summed E-state index contributed by atoms with van der Waals surface area (Å²) in [5, 5.41) is 0. The van der Waals surface area contributed by atoms with E-state index in [1.165, 1.54) is 0 Å². The number of aryl methyl sites for hydroxylation is 2. The maximum atomic E-state index is 11.5. The van der Waals surface area contributed by atoms with Gasteiger partial charge < -0.3 is 9.64 Å². The summed E-state index contributed by atoms with van der Waals surface area (Å²) < 4.78 is 5.22. The van der Waals surface area contributed by atoms with Gasteiger partial charge >= 0.3 is 0 Å². The maximum absolute atomic E-state index is 11.5. The summed E-state index contributed by atoms with van der Waals surface area (Å²) in [5.74, 6) is 0.698. The highest BCUT2D eigenvalue weighted by Gasteiger charge is 2.13. The summed E-state index contributed by atoms with van der Waals surface area (Å²) in [7, 11) is 3.36. The fraction of sp³-hybridized carbons (Fsp3) is 0.417. The Morgan fingerprint density at radius 3 is 2.50 bits per heavy atom. The van der Waals surface area contributed by atoms with Crippen LogP contribution in [-0.4, -0.2) is 25.9 Å². The first-order valence-corrected chi connectivity index (χ1v) is 5.52. The average Bonchev–Trinajstić information content (AvgIpc) is 2.29. The molecule has 3 nitrogen and oxygen atoms in total. The molecular weight excluding hydrogens is 226 g/mol. The highest BCUT2D eigenvalue weighted by molar-refractivity contribution is 6.29. The van der Waals surface area contributed by atoms with Gasteiger partial charge in [-0.2, -0.15) is 0 Å². The van der Waals surface area contributed by atoms with Gasteiger partial charge in [-0.3, -0.25) is 4.79 Å². The third kappa shape index (κ3) is 2.47. The van der Waals surface area contributed by atoms with Crippen LogP contribution in [0.2, 0.25) is 0 Å². The summed E-state index contributed by atoms with van der Waals surface area (Å²) >= 11 is 5.53. The maximum Gasteiger partial charge on any atom is 0.241 e. The lowest BCUT2D eigenvalue weighted by Crippen LogP contribution is -2.27. The molecule has 0 heterocycles. The average molecular weight is 242 g/mol. The SMILES string of the molecule is COc1cc(C)c(N(C)C(=O)CCl)cc1C. The second-order valence-electron chi connectivity index (χ2n) is 3.69. The molecule has 0 spiro atoms. The third-order valence-corrected chi connectivity index (χ3v) is 2.79. The molecule has 0 radical (unpaired) electrons. The molecule has 0 atom stereocenters. The van der Waals surface area contributed by atoms with Crippen LogP contribution in [0.1, 0.15) is 11.1 Å². The number of nitrogens with zero attached hydrogens (tertiary/aromatic N) is 1. The van der Waals surface area contributed by atoms with Crippen LogP contribution >= 0.6 is 11.6 Å². The summed E-state index contributed by atoms with van der Waals surface area (Å²) in [6.07, 6.45) is 0. The van der Waals surface area contributed by atoms with Crippen molar-refractivity contribution < 1.29 is 9.53 Å². The van der Waals surface area contributed by atoms with Crippen molar-refractivity contribution >= 4 is 23.2 Å². The molecule has 0 aliphatic heterocycles. The van der Waals surface area contributed by atoms with Crippen molar-refractivity contribution in [2.75, 3.05) is 24.9 Å². The van der Waals surface area contributed by atoms with E-state index in [-0.39, 0.29) is 11.8 Å². The molecule has 0 unspecified atom stereocenters. The van der Waals surface area contributed by atoms with Crippen LogP contribution in [0, 0.1) is 13.8 Å². The smallest absolute Gasteiger partial charge is 0.241 e. The molecule has 1 rings (SSSR count). The van der Waals surface area contributed by atoms with Crippen LogP contribution < -0.4 is 9.64 Å². The molecule has 4 heteroatoms. The number of carbonyl (C=O) groups is 1. The molecule has 0 aliphatic carbocycles. The highest BCUT2D eigenvalue weighted by atomic mass is 35.5. The van der Waals surface area contributed by atoms with E-state index in [0.717, 1.165) is 22.6 Å². The number of hydrogen-bond acceptors (Lipinski definition) is 2. The van der Waals surface area contributed by atoms with Gasteiger partial charge in [0.1, 0.15) is 11.6 Å². The van der Waals surface area contributed by atoms with Gasteiger partial charge in [0.15, 0.2) is 0 Å². The number of benzene rings is 1.